The summed E-state index contributed by atoms with van der Waals surface area (Å²) >= 11 is 0. The van der Waals surface area contributed by atoms with Crippen molar-refractivity contribution >= 4 is 5.97 Å². The van der Waals surface area contributed by atoms with Crippen LogP contribution in [-0.4, -0.2) is 42.7 Å². The van der Waals surface area contributed by atoms with Crippen LogP contribution in [0.3, 0.4) is 0 Å². The highest BCUT2D eigenvalue weighted by atomic mass is 16.6. The lowest BCUT2D eigenvalue weighted by atomic mass is 9.80. The van der Waals surface area contributed by atoms with Gasteiger partial charge in [0.2, 0.25) is 0 Å². The molecule has 2 aromatic rings. The molecule has 148 valence electrons. The fourth-order valence-electron chi connectivity index (χ4n) is 3.82. The summed E-state index contributed by atoms with van der Waals surface area (Å²) in [6.07, 6.45) is 3.22. The topological polar surface area (TPSA) is 60.9 Å². The Morgan fingerprint density at radius 3 is 2.71 bits per heavy atom. The SMILES string of the molecule is COC(=O)C1(C)CCN(Cc2ccc([C@H]3COc4cccnc4O3)cc2)CC1. The molecule has 1 aromatic carbocycles. The van der Waals surface area contributed by atoms with Crippen molar-refractivity contribution in [1.82, 2.24) is 9.88 Å². The minimum atomic E-state index is -0.349. The number of carbonyl (C=O) groups excluding carboxylic acids is 1. The van der Waals surface area contributed by atoms with Gasteiger partial charge in [-0.3, -0.25) is 9.69 Å². The molecule has 0 amide bonds. The van der Waals surface area contributed by atoms with Crippen LogP contribution in [0.1, 0.15) is 37.0 Å². The summed E-state index contributed by atoms with van der Waals surface area (Å²) in [5.74, 6) is 1.14. The van der Waals surface area contributed by atoms with Gasteiger partial charge in [-0.2, -0.15) is 0 Å². The average Bonchev–Trinajstić information content (AvgIpc) is 2.75. The van der Waals surface area contributed by atoms with Gasteiger partial charge in [-0.05, 0) is 56.1 Å². The van der Waals surface area contributed by atoms with Crippen LogP contribution in [0, 0.1) is 5.41 Å². The van der Waals surface area contributed by atoms with Crippen molar-refractivity contribution in [2.75, 3.05) is 26.8 Å². The summed E-state index contributed by atoms with van der Waals surface area (Å²) in [4.78, 5) is 18.6. The Hall–Kier alpha value is -2.60. The lowest BCUT2D eigenvalue weighted by Crippen LogP contribution is -2.42. The van der Waals surface area contributed by atoms with Crippen LogP contribution < -0.4 is 9.47 Å². The van der Waals surface area contributed by atoms with E-state index >= 15 is 0 Å². The summed E-state index contributed by atoms with van der Waals surface area (Å²) in [5.41, 5.74) is 1.98. The van der Waals surface area contributed by atoms with Crippen LogP contribution in [0.25, 0.3) is 0 Å². The Labute approximate surface area is 165 Å². The molecule has 1 aromatic heterocycles. The third kappa shape index (κ3) is 3.83. The standard InChI is InChI=1S/C22H26N2O4/c1-22(21(25)26-2)9-12-24(13-10-22)14-16-5-7-17(8-6-16)19-15-27-18-4-3-11-23-20(18)28-19/h3-8,11,19H,9-10,12-15H2,1-2H3/t19-/m1/s1. The number of likely N-dealkylation sites (tertiary alicyclic amines) is 1. The van der Waals surface area contributed by atoms with E-state index in [0.29, 0.717) is 18.2 Å². The Balaban J connectivity index is 1.34. The molecule has 0 unspecified atom stereocenters. The number of piperidine rings is 1. The van der Waals surface area contributed by atoms with Crippen molar-refractivity contribution < 1.29 is 19.0 Å². The molecular weight excluding hydrogens is 356 g/mol. The Kier molecular flexibility index (Phi) is 5.22. The van der Waals surface area contributed by atoms with Gasteiger partial charge < -0.3 is 14.2 Å². The third-order valence-electron chi connectivity index (χ3n) is 5.78. The summed E-state index contributed by atoms with van der Waals surface area (Å²) in [7, 11) is 1.47. The molecule has 0 radical (unpaired) electrons. The number of fused-ring (bicyclic) bond motifs is 1. The zero-order valence-electron chi connectivity index (χ0n) is 16.4. The molecule has 0 bridgehead atoms. The number of rotatable bonds is 4. The van der Waals surface area contributed by atoms with Gasteiger partial charge in [-0.25, -0.2) is 4.98 Å². The van der Waals surface area contributed by atoms with E-state index in [-0.39, 0.29) is 17.5 Å². The summed E-state index contributed by atoms with van der Waals surface area (Å²) < 4.78 is 16.7. The number of hydrogen-bond acceptors (Lipinski definition) is 6. The third-order valence-corrected chi connectivity index (χ3v) is 5.78. The maximum atomic E-state index is 12.0. The van der Waals surface area contributed by atoms with Crippen molar-refractivity contribution in [1.29, 1.82) is 0 Å². The number of pyridine rings is 1. The number of aromatic nitrogens is 1. The molecule has 2 aliphatic rings. The summed E-state index contributed by atoms with van der Waals surface area (Å²) in [6, 6.07) is 12.2. The number of methoxy groups -OCH3 is 1. The summed E-state index contributed by atoms with van der Waals surface area (Å²) in [5, 5.41) is 0. The van der Waals surface area contributed by atoms with Gasteiger partial charge in [0.1, 0.15) is 6.61 Å². The first-order valence-electron chi connectivity index (χ1n) is 9.71. The molecule has 4 rings (SSSR count). The second-order valence-electron chi connectivity index (χ2n) is 7.79. The van der Waals surface area contributed by atoms with Gasteiger partial charge in [0, 0.05) is 12.7 Å². The lowest BCUT2D eigenvalue weighted by molar-refractivity contribution is -0.154. The van der Waals surface area contributed by atoms with Crippen molar-refractivity contribution in [2.24, 2.45) is 5.41 Å². The molecule has 28 heavy (non-hydrogen) atoms. The van der Waals surface area contributed by atoms with Crippen LogP contribution in [-0.2, 0) is 16.1 Å². The number of benzene rings is 1. The Bertz CT molecular complexity index is 829. The normalized spacial score (nSPS) is 21.1. The maximum absolute atomic E-state index is 12.0. The van der Waals surface area contributed by atoms with E-state index in [1.807, 2.05) is 19.1 Å². The number of nitrogens with zero attached hydrogens (tertiary/aromatic N) is 2. The van der Waals surface area contributed by atoms with Gasteiger partial charge in [0.25, 0.3) is 5.88 Å². The van der Waals surface area contributed by atoms with Gasteiger partial charge in [-0.15, -0.1) is 0 Å². The zero-order chi connectivity index (χ0) is 19.6. The highest BCUT2D eigenvalue weighted by Crippen LogP contribution is 2.35. The molecule has 6 nitrogen and oxygen atoms in total. The first kappa shape index (κ1) is 18.7. The molecule has 6 heteroatoms. The number of esters is 1. The first-order chi connectivity index (χ1) is 13.6. The fourth-order valence-corrected chi connectivity index (χ4v) is 3.82. The monoisotopic (exact) mass is 382 g/mol. The highest BCUT2D eigenvalue weighted by Gasteiger charge is 2.37. The van der Waals surface area contributed by atoms with Crippen LogP contribution >= 0.6 is 0 Å². The average molecular weight is 382 g/mol. The molecule has 1 fully saturated rings. The summed E-state index contributed by atoms with van der Waals surface area (Å²) in [6.45, 7) is 5.16. The van der Waals surface area contributed by atoms with Crippen molar-refractivity contribution in [2.45, 2.75) is 32.4 Å². The number of hydrogen-bond donors (Lipinski definition) is 0. The van der Waals surface area contributed by atoms with Crippen LogP contribution in [0.4, 0.5) is 0 Å². The smallest absolute Gasteiger partial charge is 0.311 e. The predicted molar refractivity (Wildman–Crippen MR) is 104 cm³/mol. The maximum Gasteiger partial charge on any atom is 0.311 e. The van der Waals surface area contributed by atoms with Gasteiger partial charge in [-0.1, -0.05) is 24.3 Å². The van der Waals surface area contributed by atoms with Gasteiger partial charge in [0.05, 0.1) is 12.5 Å². The van der Waals surface area contributed by atoms with Gasteiger partial charge in [0.15, 0.2) is 11.9 Å². The Morgan fingerprint density at radius 1 is 1.25 bits per heavy atom. The van der Waals surface area contributed by atoms with Crippen molar-refractivity contribution in [3.05, 3.63) is 53.7 Å². The quantitative estimate of drug-likeness (QED) is 0.756. The fraction of sp³-hybridized carbons (Fsp3) is 0.455. The van der Waals surface area contributed by atoms with E-state index in [9.17, 15) is 4.79 Å². The highest BCUT2D eigenvalue weighted by molar-refractivity contribution is 5.76. The van der Waals surface area contributed by atoms with Crippen molar-refractivity contribution in [3.63, 3.8) is 0 Å². The van der Waals surface area contributed by atoms with Crippen LogP contribution in [0.5, 0.6) is 11.6 Å². The number of ether oxygens (including phenoxy) is 3. The second-order valence-corrected chi connectivity index (χ2v) is 7.79. The minimum Gasteiger partial charge on any atom is -0.484 e. The van der Waals surface area contributed by atoms with Gasteiger partial charge >= 0.3 is 5.97 Å². The Morgan fingerprint density at radius 2 is 2.00 bits per heavy atom. The molecule has 0 saturated carbocycles. The van der Waals surface area contributed by atoms with Crippen molar-refractivity contribution in [3.8, 4) is 11.6 Å². The molecule has 0 N–H and O–H groups in total. The molecule has 2 aliphatic heterocycles. The molecule has 1 saturated heterocycles. The van der Waals surface area contributed by atoms with E-state index in [0.717, 1.165) is 38.0 Å². The van der Waals surface area contributed by atoms with Crippen LogP contribution in [0.2, 0.25) is 0 Å². The molecule has 0 spiro atoms. The van der Waals surface area contributed by atoms with E-state index < -0.39 is 0 Å². The van der Waals surface area contributed by atoms with Crippen LogP contribution in [0.15, 0.2) is 42.6 Å². The lowest BCUT2D eigenvalue weighted by Gasteiger charge is -2.37. The molecule has 0 aliphatic carbocycles. The molecular formula is C22H26N2O4. The molecule has 1 atom stereocenters. The van der Waals surface area contributed by atoms with E-state index in [2.05, 4.69) is 34.1 Å². The number of carbonyl (C=O) groups is 1. The molecule has 3 heterocycles. The zero-order valence-corrected chi connectivity index (χ0v) is 16.4. The largest absolute Gasteiger partial charge is 0.484 e. The predicted octanol–water partition coefficient (Wildman–Crippen LogP) is 3.37. The first-order valence-corrected chi connectivity index (χ1v) is 9.71. The van der Waals surface area contributed by atoms with E-state index in [1.54, 1.807) is 6.20 Å². The van der Waals surface area contributed by atoms with E-state index in [4.69, 9.17) is 14.2 Å². The minimum absolute atomic E-state index is 0.0951. The van der Waals surface area contributed by atoms with E-state index in [1.165, 1.54) is 12.7 Å². The second kappa shape index (κ2) is 7.80.